The van der Waals surface area contributed by atoms with Gasteiger partial charge < -0.3 is 4.74 Å². The van der Waals surface area contributed by atoms with E-state index in [1.165, 1.54) is 19.2 Å². The molecule has 0 unspecified atom stereocenters. The number of anilines is 1. The van der Waals surface area contributed by atoms with Crippen LogP contribution in [0.3, 0.4) is 0 Å². The summed E-state index contributed by atoms with van der Waals surface area (Å²) in [6, 6.07) is 6.26. The van der Waals surface area contributed by atoms with Gasteiger partial charge >= 0.3 is 0 Å². The number of benzene rings is 1. The van der Waals surface area contributed by atoms with Gasteiger partial charge in [-0.2, -0.15) is 4.98 Å². The summed E-state index contributed by atoms with van der Waals surface area (Å²) in [6.07, 6.45) is 0. The molecule has 0 aliphatic rings. The van der Waals surface area contributed by atoms with E-state index in [-0.39, 0.29) is 21.9 Å². The number of ether oxygens (including phenoxy) is 1. The minimum atomic E-state index is -3.84. The summed E-state index contributed by atoms with van der Waals surface area (Å²) in [6.45, 7) is 1.86. The van der Waals surface area contributed by atoms with Crippen molar-refractivity contribution in [1.29, 1.82) is 0 Å². The van der Waals surface area contributed by atoms with E-state index in [1.807, 2.05) is 6.92 Å². The van der Waals surface area contributed by atoms with Gasteiger partial charge in [0.2, 0.25) is 11.8 Å². The van der Waals surface area contributed by atoms with Crippen molar-refractivity contribution in [2.45, 2.75) is 11.8 Å². The van der Waals surface area contributed by atoms with E-state index in [4.69, 9.17) is 16.3 Å². The normalized spacial score (nSPS) is 11.2. The van der Waals surface area contributed by atoms with Crippen LogP contribution < -0.4 is 9.46 Å². The smallest absolute Gasteiger partial charge is 0.265 e. The molecule has 0 atom stereocenters. The third kappa shape index (κ3) is 3.84. The second-order valence-corrected chi connectivity index (χ2v) is 6.99. The third-order valence-electron chi connectivity index (χ3n) is 2.48. The van der Waals surface area contributed by atoms with E-state index in [9.17, 15) is 8.42 Å². The number of sulfonamides is 1. The SMILES string of the molecule is COc1cc(Cl)nc(NS(=O)(=O)c2ccc(C)cc2Br)n1. The van der Waals surface area contributed by atoms with Gasteiger partial charge in [-0.1, -0.05) is 17.7 Å². The molecule has 0 aliphatic carbocycles. The van der Waals surface area contributed by atoms with Gasteiger partial charge in [0.25, 0.3) is 10.0 Å². The number of nitrogens with one attached hydrogen (secondary N) is 1. The molecule has 0 radical (unpaired) electrons. The molecule has 0 saturated carbocycles. The molecule has 9 heteroatoms. The highest BCUT2D eigenvalue weighted by Crippen LogP contribution is 2.25. The second kappa shape index (κ2) is 6.17. The Morgan fingerprint density at radius 3 is 2.62 bits per heavy atom. The number of aromatic nitrogens is 2. The van der Waals surface area contributed by atoms with Crippen molar-refractivity contribution in [3.8, 4) is 5.88 Å². The molecule has 112 valence electrons. The Morgan fingerprint density at radius 2 is 2.00 bits per heavy atom. The summed E-state index contributed by atoms with van der Waals surface area (Å²) in [7, 11) is -2.44. The van der Waals surface area contributed by atoms with Gasteiger partial charge in [-0.05, 0) is 40.5 Å². The van der Waals surface area contributed by atoms with Gasteiger partial charge in [-0.15, -0.1) is 0 Å². The maximum atomic E-state index is 12.3. The number of aryl methyl sites for hydroxylation is 1. The maximum absolute atomic E-state index is 12.3. The summed E-state index contributed by atoms with van der Waals surface area (Å²) in [5, 5.41) is 0.0718. The molecule has 1 aromatic heterocycles. The van der Waals surface area contributed by atoms with E-state index in [1.54, 1.807) is 12.1 Å². The Morgan fingerprint density at radius 1 is 1.29 bits per heavy atom. The van der Waals surface area contributed by atoms with Crippen LogP contribution in [-0.4, -0.2) is 25.5 Å². The van der Waals surface area contributed by atoms with Crippen LogP contribution in [0.2, 0.25) is 5.15 Å². The van der Waals surface area contributed by atoms with Crippen LogP contribution >= 0.6 is 27.5 Å². The lowest BCUT2D eigenvalue weighted by molar-refractivity contribution is 0.397. The lowest BCUT2D eigenvalue weighted by atomic mass is 10.2. The lowest BCUT2D eigenvalue weighted by Crippen LogP contribution is -2.16. The molecular weight excluding hydrogens is 382 g/mol. The molecule has 0 aliphatic heterocycles. The molecule has 0 fully saturated rings. The summed E-state index contributed by atoms with van der Waals surface area (Å²) in [5.74, 6) is 0.00231. The Hall–Kier alpha value is -1.38. The average molecular weight is 393 g/mol. The van der Waals surface area contributed by atoms with Crippen molar-refractivity contribution in [3.05, 3.63) is 39.5 Å². The highest BCUT2D eigenvalue weighted by atomic mass is 79.9. The molecule has 6 nitrogen and oxygen atoms in total. The van der Waals surface area contributed by atoms with Gasteiger partial charge in [0.1, 0.15) is 10.0 Å². The minimum absolute atomic E-state index is 0.0718. The quantitative estimate of drug-likeness (QED) is 0.809. The van der Waals surface area contributed by atoms with Gasteiger partial charge in [-0.25, -0.2) is 18.1 Å². The maximum Gasteiger partial charge on any atom is 0.265 e. The molecule has 21 heavy (non-hydrogen) atoms. The van der Waals surface area contributed by atoms with Crippen molar-refractivity contribution >= 4 is 43.5 Å². The molecule has 0 bridgehead atoms. The third-order valence-corrected chi connectivity index (χ3v) is 4.98. The Kier molecular flexibility index (Phi) is 4.70. The Labute approximate surface area is 135 Å². The van der Waals surface area contributed by atoms with Gasteiger partial charge in [0.15, 0.2) is 0 Å². The van der Waals surface area contributed by atoms with Crippen molar-refractivity contribution in [2.24, 2.45) is 0 Å². The first-order valence-corrected chi connectivity index (χ1v) is 8.35. The van der Waals surface area contributed by atoms with E-state index in [0.717, 1.165) is 5.56 Å². The number of halogens is 2. The molecular formula is C12H11BrClN3O3S. The fraction of sp³-hybridized carbons (Fsp3) is 0.167. The lowest BCUT2D eigenvalue weighted by Gasteiger charge is -2.09. The summed E-state index contributed by atoms with van der Waals surface area (Å²) >= 11 is 9.01. The highest BCUT2D eigenvalue weighted by molar-refractivity contribution is 9.10. The molecule has 1 N–H and O–H groups in total. The van der Waals surface area contributed by atoms with Crippen LogP contribution in [0.4, 0.5) is 5.95 Å². The van der Waals surface area contributed by atoms with Crippen molar-refractivity contribution in [2.75, 3.05) is 11.8 Å². The second-order valence-electron chi connectivity index (χ2n) is 4.10. The van der Waals surface area contributed by atoms with E-state index in [2.05, 4.69) is 30.6 Å². The average Bonchev–Trinajstić information content (AvgIpc) is 2.36. The number of hydrogen-bond acceptors (Lipinski definition) is 5. The fourth-order valence-electron chi connectivity index (χ4n) is 1.55. The molecule has 0 saturated heterocycles. The van der Waals surface area contributed by atoms with Crippen molar-refractivity contribution < 1.29 is 13.2 Å². The minimum Gasteiger partial charge on any atom is -0.481 e. The molecule has 1 aromatic carbocycles. The Balaban J connectivity index is 2.39. The zero-order valence-electron chi connectivity index (χ0n) is 11.1. The number of methoxy groups -OCH3 is 1. The Bertz CT molecular complexity index is 783. The first-order valence-electron chi connectivity index (χ1n) is 5.69. The fourth-order valence-corrected chi connectivity index (χ4v) is 3.86. The largest absolute Gasteiger partial charge is 0.481 e. The first-order chi connectivity index (χ1) is 9.81. The van der Waals surface area contributed by atoms with Crippen LogP contribution in [0.5, 0.6) is 5.88 Å². The van der Waals surface area contributed by atoms with E-state index >= 15 is 0 Å². The first kappa shape index (κ1) is 16.0. The van der Waals surface area contributed by atoms with Gasteiger partial charge in [0, 0.05) is 10.5 Å². The number of nitrogens with zero attached hydrogens (tertiary/aromatic N) is 2. The zero-order chi connectivity index (χ0) is 15.6. The molecule has 1 heterocycles. The number of hydrogen-bond donors (Lipinski definition) is 1. The summed E-state index contributed by atoms with van der Waals surface area (Å²) in [4.78, 5) is 7.77. The van der Waals surface area contributed by atoms with Crippen LogP contribution in [0.1, 0.15) is 5.56 Å². The predicted octanol–water partition coefficient (Wildman–Crippen LogP) is 3.01. The van der Waals surface area contributed by atoms with Crippen LogP contribution in [0, 0.1) is 6.92 Å². The number of rotatable bonds is 4. The highest BCUT2D eigenvalue weighted by Gasteiger charge is 2.19. The van der Waals surface area contributed by atoms with Crippen LogP contribution in [0.15, 0.2) is 33.6 Å². The summed E-state index contributed by atoms with van der Waals surface area (Å²) < 4.78 is 32.3. The van der Waals surface area contributed by atoms with Crippen LogP contribution in [-0.2, 0) is 10.0 Å². The summed E-state index contributed by atoms with van der Waals surface area (Å²) in [5.41, 5.74) is 0.932. The predicted molar refractivity (Wildman–Crippen MR) is 83.3 cm³/mol. The standard InChI is InChI=1S/C12H11BrClN3O3S/c1-7-3-4-9(8(13)5-7)21(18,19)17-12-15-10(14)6-11(16-12)20-2/h3-6H,1-2H3,(H,15,16,17). The van der Waals surface area contributed by atoms with Crippen LogP contribution in [0.25, 0.3) is 0 Å². The van der Waals surface area contributed by atoms with E-state index in [0.29, 0.717) is 4.47 Å². The topological polar surface area (TPSA) is 81.2 Å². The molecule has 0 amide bonds. The van der Waals surface area contributed by atoms with E-state index < -0.39 is 10.0 Å². The molecule has 0 spiro atoms. The van der Waals surface area contributed by atoms with Crippen molar-refractivity contribution in [1.82, 2.24) is 9.97 Å². The van der Waals surface area contributed by atoms with Gasteiger partial charge in [0.05, 0.1) is 7.11 Å². The van der Waals surface area contributed by atoms with Gasteiger partial charge in [-0.3, -0.25) is 0 Å². The molecule has 2 aromatic rings. The monoisotopic (exact) mass is 391 g/mol. The molecule has 2 rings (SSSR count). The zero-order valence-corrected chi connectivity index (χ0v) is 14.3. The van der Waals surface area contributed by atoms with Crippen molar-refractivity contribution in [3.63, 3.8) is 0 Å².